The van der Waals surface area contributed by atoms with Crippen molar-refractivity contribution in [1.29, 1.82) is 0 Å². The van der Waals surface area contributed by atoms with Crippen molar-refractivity contribution >= 4 is 0 Å². The summed E-state index contributed by atoms with van der Waals surface area (Å²) in [6.07, 6.45) is 23.9. The highest BCUT2D eigenvalue weighted by molar-refractivity contribution is 4.88. The summed E-state index contributed by atoms with van der Waals surface area (Å²) >= 11 is 0. The van der Waals surface area contributed by atoms with Crippen LogP contribution in [0.15, 0.2) is 0 Å². The predicted octanol–water partition coefficient (Wildman–Crippen LogP) is 5.86. The molecule has 4 aliphatic rings. The van der Waals surface area contributed by atoms with Gasteiger partial charge in [-0.05, 0) is 102 Å². The smallest absolute Gasteiger partial charge is 0.0123 e. The van der Waals surface area contributed by atoms with Crippen molar-refractivity contribution in [2.24, 2.45) is 11.8 Å². The van der Waals surface area contributed by atoms with Crippen molar-refractivity contribution < 1.29 is 0 Å². The molecule has 2 saturated heterocycles. The second-order valence-corrected chi connectivity index (χ2v) is 9.99. The van der Waals surface area contributed by atoms with Crippen molar-refractivity contribution in [3.05, 3.63) is 0 Å². The number of hydrogen-bond donors (Lipinski definition) is 0. The van der Waals surface area contributed by atoms with Crippen LogP contribution in [0.4, 0.5) is 0 Å². The van der Waals surface area contributed by atoms with Crippen LogP contribution in [-0.4, -0.2) is 48.1 Å². The second kappa shape index (κ2) is 9.92. The van der Waals surface area contributed by atoms with Gasteiger partial charge in [0.2, 0.25) is 0 Å². The molecule has 0 spiro atoms. The van der Waals surface area contributed by atoms with Crippen LogP contribution in [0.2, 0.25) is 0 Å². The highest BCUT2D eigenvalue weighted by atomic mass is 15.2. The predicted molar refractivity (Wildman–Crippen MR) is 112 cm³/mol. The van der Waals surface area contributed by atoms with Gasteiger partial charge in [-0.25, -0.2) is 0 Å². The number of piperidine rings is 2. The second-order valence-electron chi connectivity index (χ2n) is 9.99. The van der Waals surface area contributed by atoms with Gasteiger partial charge in [0.25, 0.3) is 0 Å². The molecule has 0 amide bonds. The van der Waals surface area contributed by atoms with Crippen molar-refractivity contribution in [2.45, 2.75) is 115 Å². The van der Waals surface area contributed by atoms with E-state index in [1.54, 1.807) is 0 Å². The Kier molecular flexibility index (Phi) is 7.34. The molecule has 150 valence electrons. The van der Waals surface area contributed by atoms with Gasteiger partial charge in [0.1, 0.15) is 0 Å². The Morgan fingerprint density at radius 2 is 0.885 bits per heavy atom. The lowest BCUT2D eigenvalue weighted by Gasteiger charge is -2.44. The fourth-order valence-corrected chi connectivity index (χ4v) is 6.99. The molecular weight excluding hydrogens is 316 g/mol. The van der Waals surface area contributed by atoms with E-state index in [0.29, 0.717) is 0 Å². The lowest BCUT2D eigenvalue weighted by Crippen LogP contribution is -2.47. The Labute approximate surface area is 163 Å². The zero-order chi connectivity index (χ0) is 17.6. The summed E-state index contributed by atoms with van der Waals surface area (Å²) in [4.78, 5) is 5.79. The van der Waals surface area contributed by atoms with Crippen LogP contribution >= 0.6 is 0 Å². The van der Waals surface area contributed by atoms with E-state index < -0.39 is 0 Å². The molecule has 0 N–H and O–H groups in total. The molecule has 0 aromatic rings. The number of unbranched alkanes of at least 4 members (excludes halogenated alkanes) is 3. The van der Waals surface area contributed by atoms with Gasteiger partial charge in [-0.3, -0.25) is 0 Å². The van der Waals surface area contributed by atoms with Crippen LogP contribution in [0.3, 0.4) is 0 Å². The molecule has 4 fully saturated rings. The third-order valence-electron chi connectivity index (χ3n) is 8.36. The van der Waals surface area contributed by atoms with Gasteiger partial charge in [-0.15, -0.1) is 0 Å². The normalized spacial score (nSPS) is 36.5. The molecule has 2 saturated carbocycles. The highest BCUT2D eigenvalue weighted by Crippen LogP contribution is 2.36. The van der Waals surface area contributed by atoms with E-state index in [2.05, 4.69) is 9.80 Å². The van der Waals surface area contributed by atoms with Crippen molar-refractivity contribution in [3.63, 3.8) is 0 Å². The van der Waals surface area contributed by atoms with Crippen LogP contribution in [0.25, 0.3) is 0 Å². The fourth-order valence-electron chi connectivity index (χ4n) is 6.99. The number of rotatable bonds is 7. The molecule has 0 aromatic heterocycles. The van der Waals surface area contributed by atoms with Crippen LogP contribution in [0, 0.1) is 11.8 Å². The largest absolute Gasteiger partial charge is 0.300 e. The van der Waals surface area contributed by atoms with E-state index in [0.717, 1.165) is 23.9 Å². The molecule has 2 aliphatic heterocycles. The fraction of sp³-hybridized carbons (Fsp3) is 1.00. The average molecular weight is 361 g/mol. The average Bonchev–Trinajstić information content (AvgIpc) is 2.71. The molecular formula is C24H44N2. The third kappa shape index (κ3) is 4.85. The molecule has 2 heteroatoms. The van der Waals surface area contributed by atoms with Crippen molar-refractivity contribution in [3.8, 4) is 0 Å². The number of likely N-dealkylation sites (tertiary alicyclic amines) is 2. The Hall–Kier alpha value is -0.0800. The Morgan fingerprint density at radius 1 is 0.462 bits per heavy atom. The quantitative estimate of drug-likeness (QED) is 0.525. The highest BCUT2D eigenvalue weighted by Gasteiger charge is 2.33. The topological polar surface area (TPSA) is 6.48 Å². The van der Waals surface area contributed by atoms with E-state index >= 15 is 0 Å². The summed E-state index contributed by atoms with van der Waals surface area (Å²) in [6, 6.07) is 1.93. The first-order valence-corrected chi connectivity index (χ1v) is 12.4. The van der Waals surface area contributed by atoms with Crippen LogP contribution in [-0.2, 0) is 0 Å². The monoisotopic (exact) mass is 360 g/mol. The molecule has 4 atom stereocenters. The SMILES string of the molecule is C(CCCN1CCCC2CCCCC21)CCN1CCCC2CCCCC21. The number of fused-ring (bicyclic) bond motifs is 2. The van der Waals surface area contributed by atoms with E-state index in [1.807, 2.05) is 0 Å². The number of hydrogen-bond acceptors (Lipinski definition) is 2. The zero-order valence-electron chi connectivity index (χ0n) is 17.3. The molecule has 2 nitrogen and oxygen atoms in total. The van der Waals surface area contributed by atoms with Gasteiger partial charge in [0, 0.05) is 12.1 Å². The lowest BCUT2D eigenvalue weighted by atomic mass is 9.78. The minimum absolute atomic E-state index is 0.967. The number of nitrogens with zero attached hydrogens (tertiary/aromatic N) is 2. The van der Waals surface area contributed by atoms with E-state index in [-0.39, 0.29) is 0 Å². The van der Waals surface area contributed by atoms with Crippen LogP contribution < -0.4 is 0 Å². The lowest BCUT2D eigenvalue weighted by molar-refractivity contribution is 0.0564. The summed E-state index contributed by atoms with van der Waals surface area (Å²) in [5.74, 6) is 2.11. The van der Waals surface area contributed by atoms with Gasteiger partial charge >= 0.3 is 0 Å². The van der Waals surface area contributed by atoms with Crippen LogP contribution in [0.5, 0.6) is 0 Å². The van der Waals surface area contributed by atoms with Gasteiger partial charge in [-0.2, -0.15) is 0 Å². The van der Waals surface area contributed by atoms with Gasteiger partial charge in [0.15, 0.2) is 0 Å². The molecule has 0 bridgehead atoms. The molecule has 26 heavy (non-hydrogen) atoms. The van der Waals surface area contributed by atoms with Crippen LogP contribution in [0.1, 0.15) is 103 Å². The van der Waals surface area contributed by atoms with Gasteiger partial charge in [0.05, 0.1) is 0 Å². The summed E-state index contributed by atoms with van der Waals surface area (Å²) in [7, 11) is 0. The van der Waals surface area contributed by atoms with Gasteiger partial charge in [-0.1, -0.05) is 38.5 Å². The van der Waals surface area contributed by atoms with E-state index in [4.69, 9.17) is 0 Å². The van der Waals surface area contributed by atoms with E-state index in [1.165, 1.54) is 129 Å². The molecule has 2 aliphatic carbocycles. The summed E-state index contributed by atoms with van der Waals surface area (Å²) < 4.78 is 0. The first-order chi connectivity index (χ1) is 12.9. The van der Waals surface area contributed by atoms with Gasteiger partial charge < -0.3 is 9.80 Å². The van der Waals surface area contributed by atoms with Crippen molar-refractivity contribution in [2.75, 3.05) is 26.2 Å². The maximum absolute atomic E-state index is 2.89. The minimum atomic E-state index is 0.967. The summed E-state index contributed by atoms with van der Waals surface area (Å²) in [6.45, 7) is 5.60. The molecule has 2 heterocycles. The maximum atomic E-state index is 2.89. The first-order valence-electron chi connectivity index (χ1n) is 12.4. The Balaban J connectivity index is 1.10. The molecule has 4 rings (SSSR count). The Bertz CT molecular complexity index is 367. The Morgan fingerprint density at radius 3 is 1.38 bits per heavy atom. The molecule has 4 unspecified atom stereocenters. The van der Waals surface area contributed by atoms with Crippen molar-refractivity contribution in [1.82, 2.24) is 9.80 Å². The molecule has 0 aromatic carbocycles. The third-order valence-corrected chi connectivity index (χ3v) is 8.36. The molecule has 0 radical (unpaired) electrons. The summed E-state index contributed by atoms with van der Waals surface area (Å²) in [5.41, 5.74) is 0. The zero-order valence-corrected chi connectivity index (χ0v) is 17.3. The minimum Gasteiger partial charge on any atom is -0.300 e. The summed E-state index contributed by atoms with van der Waals surface area (Å²) in [5, 5.41) is 0. The van der Waals surface area contributed by atoms with E-state index in [9.17, 15) is 0 Å². The first kappa shape index (κ1) is 19.2. The standard InChI is InChI=1S/C24H44N2/c1(7-17-25-19-9-13-21-11-3-5-15-23(21)25)2-8-18-26-20-10-14-22-12-4-6-16-24(22)26/h21-24H,1-20H2. The maximum Gasteiger partial charge on any atom is 0.0123 e.